The maximum atomic E-state index is 11.3. The fourth-order valence-electron chi connectivity index (χ4n) is 2.50. The average Bonchev–Trinajstić information content (AvgIpc) is 2.53. The van der Waals surface area contributed by atoms with Gasteiger partial charge in [-0.2, -0.15) is 0 Å². The Morgan fingerprint density at radius 1 is 1.05 bits per heavy atom. The van der Waals surface area contributed by atoms with Gasteiger partial charge in [-0.05, 0) is 12.6 Å². The highest BCUT2D eigenvalue weighted by molar-refractivity contribution is 7.52. The van der Waals surface area contributed by atoms with Crippen LogP contribution in [0.3, 0.4) is 0 Å². The van der Waals surface area contributed by atoms with Crippen molar-refractivity contribution >= 4 is 14.2 Å². The predicted molar refractivity (Wildman–Crippen MR) is 77.8 cm³/mol. The van der Waals surface area contributed by atoms with Crippen LogP contribution in [0.4, 0.5) is 0 Å². The van der Waals surface area contributed by atoms with Crippen molar-refractivity contribution in [3.8, 4) is 0 Å². The summed E-state index contributed by atoms with van der Waals surface area (Å²) in [6, 6.07) is 0. The molecule has 7 heteroatoms. The molecule has 0 atom stereocenters. The number of carbonyl (C=O) groups is 1. The standard InChI is InChI=1S/C13H25N2O4P/c1-17-13(16)3-2-12-20(14-4-8-18-9-5-14)15-6-10-19-11-7-15/h2-12H2,1H3. The molecule has 0 spiro atoms. The van der Waals surface area contributed by atoms with Crippen molar-refractivity contribution in [2.75, 3.05) is 65.9 Å². The van der Waals surface area contributed by atoms with Crippen LogP contribution < -0.4 is 0 Å². The Kier molecular flexibility index (Phi) is 7.17. The highest BCUT2D eigenvalue weighted by Gasteiger charge is 2.28. The molecular weight excluding hydrogens is 279 g/mol. The van der Waals surface area contributed by atoms with Gasteiger partial charge in [-0.3, -0.25) is 14.1 Å². The summed E-state index contributed by atoms with van der Waals surface area (Å²) in [4.78, 5) is 11.3. The topological polar surface area (TPSA) is 51.2 Å². The second kappa shape index (κ2) is 8.90. The summed E-state index contributed by atoms with van der Waals surface area (Å²) in [5.74, 6) is -0.107. The van der Waals surface area contributed by atoms with Crippen LogP contribution >= 0.6 is 8.22 Å². The van der Waals surface area contributed by atoms with Gasteiger partial charge in [-0.15, -0.1) is 0 Å². The maximum absolute atomic E-state index is 11.3. The van der Waals surface area contributed by atoms with E-state index in [1.54, 1.807) is 0 Å². The highest BCUT2D eigenvalue weighted by atomic mass is 31.1. The first-order valence-electron chi connectivity index (χ1n) is 7.31. The van der Waals surface area contributed by atoms with E-state index in [4.69, 9.17) is 14.2 Å². The molecule has 2 aliphatic rings. The van der Waals surface area contributed by atoms with Crippen molar-refractivity contribution in [2.24, 2.45) is 0 Å². The minimum atomic E-state index is -0.334. The van der Waals surface area contributed by atoms with Crippen LogP contribution in [0.5, 0.6) is 0 Å². The number of carbonyl (C=O) groups excluding carboxylic acids is 1. The molecule has 2 heterocycles. The molecule has 2 rings (SSSR count). The van der Waals surface area contributed by atoms with Crippen LogP contribution in [0.25, 0.3) is 0 Å². The lowest BCUT2D eigenvalue weighted by molar-refractivity contribution is -0.140. The predicted octanol–water partition coefficient (Wildman–Crippen LogP) is 0.916. The smallest absolute Gasteiger partial charge is 0.305 e. The molecule has 0 saturated carbocycles. The molecule has 20 heavy (non-hydrogen) atoms. The van der Waals surface area contributed by atoms with Crippen molar-refractivity contribution in [2.45, 2.75) is 12.8 Å². The lowest BCUT2D eigenvalue weighted by Gasteiger charge is -2.42. The normalized spacial score (nSPS) is 22.1. The minimum absolute atomic E-state index is 0.107. The molecule has 0 radical (unpaired) electrons. The molecule has 0 bridgehead atoms. The second-order valence-electron chi connectivity index (χ2n) is 4.91. The number of rotatable bonds is 6. The van der Waals surface area contributed by atoms with Gasteiger partial charge in [0.25, 0.3) is 0 Å². The van der Waals surface area contributed by atoms with E-state index >= 15 is 0 Å². The van der Waals surface area contributed by atoms with Crippen LogP contribution in [0.1, 0.15) is 12.8 Å². The molecule has 2 aliphatic heterocycles. The lowest BCUT2D eigenvalue weighted by atomic mass is 10.3. The molecule has 6 nitrogen and oxygen atoms in total. The van der Waals surface area contributed by atoms with Gasteiger partial charge in [0.2, 0.25) is 0 Å². The molecule has 0 amide bonds. The number of esters is 1. The molecule has 116 valence electrons. The van der Waals surface area contributed by atoms with Gasteiger partial charge in [-0.25, -0.2) is 0 Å². The van der Waals surface area contributed by atoms with E-state index in [0.717, 1.165) is 65.2 Å². The van der Waals surface area contributed by atoms with Crippen LogP contribution in [-0.2, 0) is 19.0 Å². The van der Waals surface area contributed by atoms with E-state index in [2.05, 4.69) is 9.34 Å². The van der Waals surface area contributed by atoms with E-state index in [0.29, 0.717) is 6.42 Å². The number of nitrogens with zero attached hydrogens (tertiary/aromatic N) is 2. The summed E-state index contributed by atoms with van der Waals surface area (Å²) < 4.78 is 20.7. The number of ether oxygens (including phenoxy) is 3. The van der Waals surface area contributed by atoms with Crippen molar-refractivity contribution in [3.05, 3.63) is 0 Å². The summed E-state index contributed by atoms with van der Waals surface area (Å²) in [6.45, 7) is 7.28. The van der Waals surface area contributed by atoms with Gasteiger partial charge < -0.3 is 14.2 Å². The Balaban J connectivity index is 1.86. The summed E-state index contributed by atoms with van der Waals surface area (Å²) >= 11 is 0. The van der Waals surface area contributed by atoms with Crippen LogP contribution in [0.15, 0.2) is 0 Å². The largest absolute Gasteiger partial charge is 0.469 e. The van der Waals surface area contributed by atoms with Crippen LogP contribution in [0.2, 0.25) is 0 Å². The molecule has 2 fully saturated rings. The zero-order valence-corrected chi connectivity index (χ0v) is 13.1. The molecule has 0 aromatic carbocycles. The number of morpholine rings is 2. The number of hydrogen-bond acceptors (Lipinski definition) is 6. The monoisotopic (exact) mass is 304 g/mol. The third kappa shape index (κ3) is 4.93. The van der Waals surface area contributed by atoms with Crippen LogP contribution in [0, 0.1) is 0 Å². The van der Waals surface area contributed by atoms with Gasteiger partial charge in [0.15, 0.2) is 0 Å². The van der Waals surface area contributed by atoms with E-state index in [-0.39, 0.29) is 14.2 Å². The lowest BCUT2D eigenvalue weighted by Crippen LogP contribution is -2.41. The maximum Gasteiger partial charge on any atom is 0.305 e. The van der Waals surface area contributed by atoms with Gasteiger partial charge in [0, 0.05) is 40.8 Å². The Morgan fingerprint density at radius 3 is 2.00 bits per heavy atom. The first-order chi connectivity index (χ1) is 9.81. The Labute approximate surface area is 122 Å². The fraction of sp³-hybridized carbons (Fsp3) is 0.923. The van der Waals surface area contributed by atoms with Gasteiger partial charge in [-0.1, -0.05) is 0 Å². The Bertz CT molecular complexity index is 276. The molecule has 0 aromatic rings. The zero-order valence-electron chi connectivity index (χ0n) is 12.3. The third-order valence-corrected chi connectivity index (χ3v) is 6.42. The van der Waals surface area contributed by atoms with Crippen molar-refractivity contribution in [1.29, 1.82) is 0 Å². The molecular formula is C13H25N2O4P. The van der Waals surface area contributed by atoms with Crippen LogP contribution in [-0.4, -0.2) is 81.2 Å². The molecule has 0 aromatic heterocycles. The van der Waals surface area contributed by atoms with Gasteiger partial charge >= 0.3 is 5.97 Å². The second-order valence-corrected chi connectivity index (χ2v) is 7.23. The quantitative estimate of drug-likeness (QED) is 0.537. The molecule has 0 N–H and O–H groups in total. The third-order valence-electron chi connectivity index (χ3n) is 3.59. The molecule has 0 aliphatic carbocycles. The summed E-state index contributed by atoms with van der Waals surface area (Å²) in [5.41, 5.74) is 0. The van der Waals surface area contributed by atoms with Crippen molar-refractivity contribution in [1.82, 2.24) is 9.34 Å². The SMILES string of the molecule is COC(=O)CCCP(N1CCOCC1)N1CCOCC1. The minimum Gasteiger partial charge on any atom is -0.469 e. The van der Waals surface area contributed by atoms with E-state index in [1.165, 1.54) is 7.11 Å². The van der Waals surface area contributed by atoms with E-state index < -0.39 is 0 Å². The zero-order chi connectivity index (χ0) is 14.2. The van der Waals surface area contributed by atoms with Gasteiger partial charge in [0.05, 0.1) is 33.5 Å². The molecule has 0 unspecified atom stereocenters. The van der Waals surface area contributed by atoms with E-state index in [9.17, 15) is 4.79 Å². The van der Waals surface area contributed by atoms with E-state index in [1.807, 2.05) is 0 Å². The summed E-state index contributed by atoms with van der Waals surface area (Å²) in [5, 5.41) is 0. The first kappa shape index (κ1) is 16.1. The average molecular weight is 304 g/mol. The summed E-state index contributed by atoms with van der Waals surface area (Å²) in [6.07, 6.45) is 2.47. The number of methoxy groups -OCH3 is 1. The Hall–Kier alpha value is -0.260. The Morgan fingerprint density at radius 2 is 1.55 bits per heavy atom. The van der Waals surface area contributed by atoms with Gasteiger partial charge in [0.1, 0.15) is 0 Å². The van der Waals surface area contributed by atoms with Crippen molar-refractivity contribution in [3.63, 3.8) is 0 Å². The highest BCUT2D eigenvalue weighted by Crippen LogP contribution is 2.45. The first-order valence-corrected chi connectivity index (χ1v) is 8.74. The number of hydrogen-bond donors (Lipinski definition) is 0. The molecule has 2 saturated heterocycles. The summed E-state index contributed by atoms with van der Waals surface area (Å²) in [7, 11) is 1.12. The van der Waals surface area contributed by atoms with Crippen molar-refractivity contribution < 1.29 is 19.0 Å². The fourth-order valence-corrected chi connectivity index (χ4v) is 5.11.